The molecule has 1 aromatic heterocycles. The van der Waals surface area contributed by atoms with Crippen molar-refractivity contribution in [1.29, 1.82) is 0 Å². The van der Waals surface area contributed by atoms with Crippen LogP contribution in [0.5, 0.6) is 0 Å². The molecule has 6 heteroatoms. The standard InChI is InChI=1S/C14H18BrN3O2/c1-2-4-13(19)18-8-3-5-12(18)14(20)17-11-6-7-16-9-10(11)15/h6-7,9,12H,2-5,8H2,1H3,(H,16,17,20). The zero-order valence-electron chi connectivity index (χ0n) is 11.4. The van der Waals surface area contributed by atoms with Crippen LogP contribution in [0, 0.1) is 0 Å². The van der Waals surface area contributed by atoms with E-state index < -0.39 is 0 Å². The number of carbonyl (C=O) groups excluding carboxylic acids is 2. The molecule has 2 heterocycles. The number of anilines is 1. The summed E-state index contributed by atoms with van der Waals surface area (Å²) in [6, 6.07) is 1.38. The van der Waals surface area contributed by atoms with Gasteiger partial charge in [-0.2, -0.15) is 0 Å². The number of hydrogen-bond acceptors (Lipinski definition) is 3. The van der Waals surface area contributed by atoms with Crippen molar-refractivity contribution in [2.45, 2.75) is 38.6 Å². The van der Waals surface area contributed by atoms with Crippen molar-refractivity contribution >= 4 is 33.4 Å². The number of carbonyl (C=O) groups is 2. The number of halogens is 1. The fraction of sp³-hybridized carbons (Fsp3) is 0.500. The Hall–Kier alpha value is -1.43. The largest absolute Gasteiger partial charge is 0.331 e. The first-order valence-electron chi connectivity index (χ1n) is 6.83. The van der Waals surface area contributed by atoms with Crippen molar-refractivity contribution < 1.29 is 9.59 Å². The molecule has 0 spiro atoms. The van der Waals surface area contributed by atoms with Crippen LogP contribution < -0.4 is 5.32 Å². The number of nitrogens with one attached hydrogen (secondary N) is 1. The number of pyridine rings is 1. The summed E-state index contributed by atoms with van der Waals surface area (Å²) in [5.74, 6) is -0.0576. The molecule has 0 saturated carbocycles. The lowest BCUT2D eigenvalue weighted by Gasteiger charge is -2.24. The van der Waals surface area contributed by atoms with Gasteiger partial charge < -0.3 is 10.2 Å². The van der Waals surface area contributed by atoms with Crippen molar-refractivity contribution in [3.8, 4) is 0 Å². The predicted octanol–water partition coefficient (Wildman–Crippen LogP) is 2.57. The van der Waals surface area contributed by atoms with Crippen molar-refractivity contribution in [3.05, 3.63) is 22.9 Å². The van der Waals surface area contributed by atoms with Crippen molar-refractivity contribution in [2.75, 3.05) is 11.9 Å². The summed E-state index contributed by atoms with van der Waals surface area (Å²) in [6.07, 6.45) is 6.16. The maximum Gasteiger partial charge on any atom is 0.247 e. The van der Waals surface area contributed by atoms with E-state index in [4.69, 9.17) is 0 Å². The van der Waals surface area contributed by atoms with E-state index in [1.54, 1.807) is 23.4 Å². The molecule has 0 aromatic carbocycles. The highest BCUT2D eigenvalue weighted by molar-refractivity contribution is 9.10. The third kappa shape index (κ3) is 3.36. The molecule has 1 unspecified atom stereocenters. The highest BCUT2D eigenvalue weighted by Crippen LogP contribution is 2.23. The minimum atomic E-state index is -0.353. The van der Waals surface area contributed by atoms with E-state index in [1.807, 2.05) is 6.92 Å². The van der Waals surface area contributed by atoms with Gasteiger partial charge in [-0.25, -0.2) is 0 Å². The third-order valence-electron chi connectivity index (χ3n) is 3.37. The monoisotopic (exact) mass is 339 g/mol. The van der Waals surface area contributed by atoms with Crippen molar-refractivity contribution in [1.82, 2.24) is 9.88 Å². The van der Waals surface area contributed by atoms with Crippen LogP contribution in [-0.2, 0) is 9.59 Å². The van der Waals surface area contributed by atoms with E-state index in [-0.39, 0.29) is 17.9 Å². The van der Waals surface area contributed by atoms with Crippen molar-refractivity contribution in [3.63, 3.8) is 0 Å². The van der Waals surface area contributed by atoms with Crippen LogP contribution >= 0.6 is 15.9 Å². The van der Waals surface area contributed by atoms with Gasteiger partial charge in [-0.15, -0.1) is 0 Å². The second-order valence-corrected chi connectivity index (χ2v) is 5.69. The van der Waals surface area contributed by atoms with E-state index in [9.17, 15) is 9.59 Å². The lowest BCUT2D eigenvalue weighted by molar-refractivity contribution is -0.136. The maximum absolute atomic E-state index is 12.3. The van der Waals surface area contributed by atoms with Gasteiger partial charge in [0.15, 0.2) is 0 Å². The van der Waals surface area contributed by atoms with Crippen LogP contribution in [0.3, 0.4) is 0 Å². The summed E-state index contributed by atoms with van der Waals surface area (Å²) < 4.78 is 0.734. The number of rotatable bonds is 4. The summed E-state index contributed by atoms with van der Waals surface area (Å²) in [4.78, 5) is 30.0. The Morgan fingerprint density at radius 1 is 1.55 bits per heavy atom. The molecular weight excluding hydrogens is 322 g/mol. The Labute approximate surface area is 126 Å². The Morgan fingerprint density at radius 2 is 2.35 bits per heavy atom. The summed E-state index contributed by atoms with van der Waals surface area (Å²) in [5.41, 5.74) is 0.680. The van der Waals surface area contributed by atoms with Crippen LogP contribution in [0.2, 0.25) is 0 Å². The molecule has 0 aliphatic carbocycles. The molecule has 1 aromatic rings. The van der Waals surface area contributed by atoms with Gasteiger partial charge >= 0.3 is 0 Å². The fourth-order valence-electron chi connectivity index (χ4n) is 2.39. The second kappa shape index (κ2) is 6.83. The molecule has 1 atom stereocenters. The minimum absolute atomic E-state index is 0.0685. The minimum Gasteiger partial charge on any atom is -0.331 e. The van der Waals surface area contributed by atoms with E-state index in [2.05, 4.69) is 26.2 Å². The normalized spacial score (nSPS) is 18.1. The quantitative estimate of drug-likeness (QED) is 0.916. The Kier molecular flexibility index (Phi) is 5.11. The van der Waals surface area contributed by atoms with Gasteiger partial charge in [0.05, 0.1) is 10.2 Å². The van der Waals surface area contributed by atoms with Gasteiger partial charge in [0.2, 0.25) is 11.8 Å². The van der Waals surface area contributed by atoms with Gasteiger partial charge in [0.25, 0.3) is 0 Å². The maximum atomic E-state index is 12.3. The number of nitrogens with zero attached hydrogens (tertiary/aromatic N) is 2. The van der Waals surface area contributed by atoms with E-state index >= 15 is 0 Å². The fourth-order valence-corrected chi connectivity index (χ4v) is 2.74. The average molecular weight is 340 g/mol. The Balaban J connectivity index is 2.05. The second-order valence-electron chi connectivity index (χ2n) is 4.84. The van der Waals surface area contributed by atoms with Gasteiger partial charge in [0, 0.05) is 25.4 Å². The molecule has 2 amide bonds. The molecule has 20 heavy (non-hydrogen) atoms. The molecule has 108 valence electrons. The van der Waals surface area contributed by atoms with Gasteiger partial charge in [-0.05, 0) is 41.3 Å². The molecule has 1 saturated heterocycles. The SMILES string of the molecule is CCCC(=O)N1CCCC1C(=O)Nc1ccncc1Br. The molecule has 1 N–H and O–H groups in total. The van der Waals surface area contributed by atoms with Crippen LogP contribution in [0.1, 0.15) is 32.6 Å². The zero-order valence-corrected chi connectivity index (χ0v) is 13.0. The topological polar surface area (TPSA) is 62.3 Å². The third-order valence-corrected chi connectivity index (χ3v) is 4.00. The molecular formula is C14H18BrN3O2. The van der Waals surface area contributed by atoms with Crippen LogP contribution in [-0.4, -0.2) is 34.3 Å². The average Bonchev–Trinajstić information content (AvgIpc) is 2.91. The number of likely N-dealkylation sites (tertiary alicyclic amines) is 1. The highest BCUT2D eigenvalue weighted by Gasteiger charge is 2.33. The van der Waals surface area contributed by atoms with Crippen molar-refractivity contribution in [2.24, 2.45) is 0 Å². The molecule has 1 aliphatic rings. The summed E-state index contributed by atoms with van der Waals surface area (Å²) in [6.45, 7) is 2.64. The summed E-state index contributed by atoms with van der Waals surface area (Å²) >= 11 is 3.34. The van der Waals surface area contributed by atoms with Gasteiger partial charge in [-0.1, -0.05) is 6.92 Å². The summed E-state index contributed by atoms with van der Waals surface area (Å²) in [7, 11) is 0. The molecule has 1 fully saturated rings. The first-order chi connectivity index (χ1) is 9.63. The summed E-state index contributed by atoms with van der Waals surface area (Å²) in [5, 5.41) is 2.86. The predicted molar refractivity (Wildman–Crippen MR) is 80.2 cm³/mol. The first-order valence-corrected chi connectivity index (χ1v) is 7.62. The Morgan fingerprint density at radius 3 is 3.05 bits per heavy atom. The molecule has 0 bridgehead atoms. The van der Waals surface area contributed by atoms with Crippen LogP contribution in [0.4, 0.5) is 5.69 Å². The number of hydrogen-bond donors (Lipinski definition) is 1. The van der Waals surface area contributed by atoms with Gasteiger partial charge in [-0.3, -0.25) is 14.6 Å². The van der Waals surface area contributed by atoms with Crippen LogP contribution in [0.25, 0.3) is 0 Å². The number of amides is 2. The lowest BCUT2D eigenvalue weighted by Crippen LogP contribution is -2.43. The lowest BCUT2D eigenvalue weighted by atomic mass is 10.2. The highest BCUT2D eigenvalue weighted by atomic mass is 79.9. The van der Waals surface area contributed by atoms with E-state index in [1.165, 1.54) is 0 Å². The molecule has 1 aliphatic heterocycles. The van der Waals surface area contributed by atoms with Gasteiger partial charge in [0.1, 0.15) is 6.04 Å². The Bertz CT molecular complexity index is 507. The first kappa shape index (κ1) is 15.0. The van der Waals surface area contributed by atoms with E-state index in [0.717, 1.165) is 23.7 Å². The zero-order chi connectivity index (χ0) is 14.5. The number of aromatic nitrogens is 1. The van der Waals surface area contributed by atoms with Crippen LogP contribution in [0.15, 0.2) is 22.9 Å². The smallest absolute Gasteiger partial charge is 0.247 e. The van der Waals surface area contributed by atoms with E-state index in [0.29, 0.717) is 18.7 Å². The molecule has 2 rings (SSSR count). The molecule has 0 radical (unpaired) electrons. The molecule has 5 nitrogen and oxygen atoms in total.